The van der Waals surface area contributed by atoms with E-state index in [1.165, 1.54) is 6.20 Å². The Labute approximate surface area is 86.4 Å². The smallest absolute Gasteiger partial charge is 0.254 e. The molecule has 1 aliphatic heterocycles. The third-order valence-electron chi connectivity index (χ3n) is 2.14. The standard InChI is InChI=1S/C9H9ClN2O2/c1-12-2-3-14-9-7(12)4-6(5-11-9)8(10)13/h4-5H,2-3H2,1H3. The molecule has 0 saturated carbocycles. The summed E-state index contributed by atoms with van der Waals surface area (Å²) in [4.78, 5) is 16.9. The van der Waals surface area contributed by atoms with Gasteiger partial charge in [-0.3, -0.25) is 4.79 Å². The Morgan fingerprint density at radius 3 is 3.21 bits per heavy atom. The third-order valence-corrected chi connectivity index (χ3v) is 2.35. The number of ether oxygens (including phenoxy) is 1. The predicted octanol–water partition coefficient (Wildman–Crippen LogP) is 1.29. The normalized spacial score (nSPS) is 14.6. The molecule has 0 saturated heterocycles. The van der Waals surface area contributed by atoms with Gasteiger partial charge in [-0.1, -0.05) is 0 Å². The first kappa shape index (κ1) is 9.27. The van der Waals surface area contributed by atoms with Crippen molar-refractivity contribution < 1.29 is 9.53 Å². The molecular weight excluding hydrogens is 204 g/mol. The van der Waals surface area contributed by atoms with E-state index < -0.39 is 5.24 Å². The van der Waals surface area contributed by atoms with Crippen molar-refractivity contribution in [2.24, 2.45) is 0 Å². The molecule has 0 fully saturated rings. The van der Waals surface area contributed by atoms with Crippen LogP contribution in [-0.4, -0.2) is 30.4 Å². The average Bonchev–Trinajstić information content (AvgIpc) is 2.18. The molecule has 0 aromatic carbocycles. The summed E-state index contributed by atoms with van der Waals surface area (Å²) in [6.07, 6.45) is 1.42. The Kier molecular flexibility index (Phi) is 2.29. The zero-order valence-electron chi connectivity index (χ0n) is 7.66. The highest BCUT2D eigenvalue weighted by Crippen LogP contribution is 2.29. The first-order chi connectivity index (χ1) is 6.68. The Bertz CT molecular complexity index is 381. The molecule has 0 radical (unpaired) electrons. The summed E-state index contributed by atoms with van der Waals surface area (Å²) in [5, 5.41) is -0.501. The number of carbonyl (C=O) groups excluding carboxylic acids is 1. The van der Waals surface area contributed by atoms with E-state index in [1.807, 2.05) is 11.9 Å². The van der Waals surface area contributed by atoms with Crippen LogP contribution in [0.15, 0.2) is 12.3 Å². The minimum atomic E-state index is -0.501. The van der Waals surface area contributed by atoms with Crippen LogP contribution in [0.4, 0.5) is 5.69 Å². The summed E-state index contributed by atoms with van der Waals surface area (Å²) < 4.78 is 5.32. The lowest BCUT2D eigenvalue weighted by atomic mass is 10.2. The van der Waals surface area contributed by atoms with Crippen molar-refractivity contribution in [2.45, 2.75) is 0 Å². The maximum absolute atomic E-state index is 10.9. The predicted molar refractivity (Wildman–Crippen MR) is 53.2 cm³/mol. The first-order valence-corrected chi connectivity index (χ1v) is 4.60. The molecule has 0 atom stereocenters. The van der Waals surface area contributed by atoms with E-state index >= 15 is 0 Å². The van der Waals surface area contributed by atoms with E-state index in [-0.39, 0.29) is 0 Å². The van der Waals surface area contributed by atoms with Crippen molar-refractivity contribution in [2.75, 3.05) is 25.1 Å². The molecule has 0 amide bonds. The topological polar surface area (TPSA) is 42.4 Å². The molecule has 0 aliphatic carbocycles. The fraction of sp³-hybridized carbons (Fsp3) is 0.333. The highest BCUT2D eigenvalue weighted by Gasteiger charge is 2.17. The molecule has 0 spiro atoms. The highest BCUT2D eigenvalue weighted by molar-refractivity contribution is 6.67. The molecule has 1 aliphatic rings. The van der Waals surface area contributed by atoms with Crippen LogP contribution in [0.2, 0.25) is 0 Å². The highest BCUT2D eigenvalue weighted by atomic mass is 35.5. The number of halogens is 1. The molecule has 2 rings (SSSR count). The molecular formula is C9H9ClN2O2. The number of rotatable bonds is 1. The third kappa shape index (κ3) is 1.53. The number of nitrogens with zero attached hydrogens (tertiary/aromatic N) is 2. The van der Waals surface area contributed by atoms with E-state index in [0.717, 1.165) is 12.2 Å². The van der Waals surface area contributed by atoms with Gasteiger partial charge < -0.3 is 9.64 Å². The van der Waals surface area contributed by atoms with Crippen molar-refractivity contribution in [3.05, 3.63) is 17.8 Å². The Hall–Kier alpha value is -1.29. The molecule has 2 heterocycles. The summed E-state index contributed by atoms with van der Waals surface area (Å²) in [6.45, 7) is 1.40. The van der Waals surface area contributed by atoms with Gasteiger partial charge in [0, 0.05) is 13.2 Å². The van der Waals surface area contributed by atoms with E-state index in [1.54, 1.807) is 6.07 Å². The maximum atomic E-state index is 10.9. The van der Waals surface area contributed by atoms with Gasteiger partial charge in [0.05, 0.1) is 12.1 Å². The molecule has 1 aromatic rings. The van der Waals surface area contributed by atoms with Crippen molar-refractivity contribution in [3.63, 3.8) is 0 Å². The van der Waals surface area contributed by atoms with Gasteiger partial charge in [-0.15, -0.1) is 0 Å². The number of fused-ring (bicyclic) bond motifs is 1. The second kappa shape index (κ2) is 3.46. The van der Waals surface area contributed by atoms with Gasteiger partial charge in [0.2, 0.25) is 5.88 Å². The molecule has 0 bridgehead atoms. The van der Waals surface area contributed by atoms with Crippen LogP contribution in [0.5, 0.6) is 5.88 Å². The minimum absolute atomic E-state index is 0.391. The van der Waals surface area contributed by atoms with Gasteiger partial charge in [-0.2, -0.15) is 0 Å². The van der Waals surface area contributed by atoms with Crippen LogP contribution in [0.25, 0.3) is 0 Å². The largest absolute Gasteiger partial charge is 0.474 e. The van der Waals surface area contributed by atoms with Crippen LogP contribution in [-0.2, 0) is 0 Å². The number of likely N-dealkylation sites (N-methyl/N-ethyl adjacent to an activating group) is 1. The summed E-state index contributed by atoms with van der Waals surface area (Å²) in [5.74, 6) is 0.556. The lowest BCUT2D eigenvalue weighted by Crippen LogP contribution is -2.29. The number of carbonyl (C=O) groups is 1. The fourth-order valence-corrected chi connectivity index (χ4v) is 1.44. The van der Waals surface area contributed by atoms with Gasteiger partial charge in [0.25, 0.3) is 5.24 Å². The van der Waals surface area contributed by atoms with E-state index in [4.69, 9.17) is 16.3 Å². The van der Waals surface area contributed by atoms with E-state index in [0.29, 0.717) is 18.1 Å². The van der Waals surface area contributed by atoms with Crippen LogP contribution < -0.4 is 9.64 Å². The van der Waals surface area contributed by atoms with E-state index in [9.17, 15) is 4.79 Å². The number of pyridine rings is 1. The lowest BCUT2D eigenvalue weighted by Gasteiger charge is -2.26. The van der Waals surface area contributed by atoms with Gasteiger partial charge in [0.15, 0.2) is 0 Å². The monoisotopic (exact) mass is 212 g/mol. The molecule has 74 valence electrons. The summed E-state index contributed by atoms with van der Waals surface area (Å²) in [6, 6.07) is 1.69. The summed E-state index contributed by atoms with van der Waals surface area (Å²) >= 11 is 5.36. The number of anilines is 1. The second-order valence-corrected chi connectivity index (χ2v) is 3.44. The van der Waals surface area contributed by atoms with Crippen LogP contribution >= 0.6 is 11.6 Å². The van der Waals surface area contributed by atoms with E-state index in [2.05, 4.69) is 4.98 Å². The van der Waals surface area contributed by atoms with Gasteiger partial charge in [-0.25, -0.2) is 4.98 Å². The molecule has 0 unspecified atom stereocenters. The van der Waals surface area contributed by atoms with Crippen molar-refractivity contribution in [3.8, 4) is 5.88 Å². The Morgan fingerprint density at radius 2 is 2.50 bits per heavy atom. The van der Waals surface area contributed by atoms with Crippen molar-refractivity contribution >= 4 is 22.5 Å². The SMILES string of the molecule is CN1CCOc2ncc(C(=O)Cl)cc21. The quantitative estimate of drug-likeness (QED) is 0.658. The fourth-order valence-electron chi connectivity index (χ4n) is 1.33. The van der Waals surface area contributed by atoms with Crippen molar-refractivity contribution in [1.29, 1.82) is 0 Å². The molecule has 1 aromatic heterocycles. The Morgan fingerprint density at radius 1 is 1.71 bits per heavy atom. The molecule has 14 heavy (non-hydrogen) atoms. The minimum Gasteiger partial charge on any atom is -0.474 e. The van der Waals surface area contributed by atoms with Gasteiger partial charge in [0.1, 0.15) is 12.3 Å². The maximum Gasteiger partial charge on any atom is 0.254 e. The van der Waals surface area contributed by atoms with Crippen molar-refractivity contribution in [1.82, 2.24) is 4.98 Å². The number of hydrogen-bond donors (Lipinski definition) is 0. The second-order valence-electron chi connectivity index (χ2n) is 3.09. The summed E-state index contributed by atoms with van der Waals surface area (Å²) in [7, 11) is 1.92. The van der Waals surface area contributed by atoms with Crippen LogP contribution in [0.3, 0.4) is 0 Å². The van der Waals surface area contributed by atoms with Gasteiger partial charge >= 0.3 is 0 Å². The lowest BCUT2D eigenvalue weighted by molar-refractivity contribution is 0.108. The van der Waals surface area contributed by atoms with Crippen LogP contribution in [0.1, 0.15) is 10.4 Å². The summed E-state index contributed by atoms with van der Waals surface area (Å²) in [5.41, 5.74) is 1.20. The molecule has 4 nitrogen and oxygen atoms in total. The number of aromatic nitrogens is 1. The average molecular weight is 213 g/mol. The molecule has 0 N–H and O–H groups in total. The Balaban J connectivity index is 2.45. The zero-order valence-corrected chi connectivity index (χ0v) is 8.41. The zero-order chi connectivity index (χ0) is 10.1. The first-order valence-electron chi connectivity index (χ1n) is 4.22. The van der Waals surface area contributed by atoms with Crippen LogP contribution in [0, 0.1) is 0 Å². The molecule has 5 heteroatoms. The number of hydrogen-bond acceptors (Lipinski definition) is 4. The van der Waals surface area contributed by atoms with Gasteiger partial charge in [-0.05, 0) is 17.7 Å².